The van der Waals surface area contributed by atoms with E-state index in [9.17, 15) is 9.18 Å². The summed E-state index contributed by atoms with van der Waals surface area (Å²) in [6, 6.07) is 12.5. The maximum Gasteiger partial charge on any atom is 0.311 e. The molecule has 0 N–H and O–H groups in total. The molecule has 2 aromatic carbocycles. The molecule has 27 heavy (non-hydrogen) atoms. The molecule has 136 valence electrons. The molecule has 0 aliphatic rings. The number of fused-ring (bicyclic) bond motifs is 1. The molecule has 0 saturated carbocycles. The Kier molecular flexibility index (Phi) is 4.60. The highest BCUT2D eigenvalue weighted by molar-refractivity contribution is 6.29. The van der Waals surface area contributed by atoms with Crippen LogP contribution in [0, 0.1) is 5.82 Å². The topological polar surface area (TPSA) is 78.4 Å². The molecular weight excluding hydrogens is 375 g/mol. The summed E-state index contributed by atoms with van der Waals surface area (Å²) < 4.78 is 28.6. The van der Waals surface area contributed by atoms with Crippen LogP contribution < -0.4 is 4.74 Å². The summed E-state index contributed by atoms with van der Waals surface area (Å²) in [7, 11) is 0. The Hall–Kier alpha value is -3.19. The predicted octanol–water partition coefficient (Wildman–Crippen LogP) is 4.81. The molecule has 8 heteroatoms. The lowest BCUT2D eigenvalue weighted by Gasteiger charge is -2.03. The Morgan fingerprint density at radius 3 is 2.63 bits per heavy atom. The van der Waals surface area contributed by atoms with E-state index in [1.54, 1.807) is 36.4 Å². The van der Waals surface area contributed by atoms with Gasteiger partial charge in [0.1, 0.15) is 23.0 Å². The molecule has 0 bridgehead atoms. The second kappa shape index (κ2) is 7.20. The van der Waals surface area contributed by atoms with Crippen molar-refractivity contribution in [2.24, 2.45) is 0 Å². The number of hydrogen-bond acceptors (Lipinski definition) is 6. The van der Waals surface area contributed by atoms with Crippen molar-refractivity contribution in [3.05, 3.63) is 65.3 Å². The summed E-state index contributed by atoms with van der Waals surface area (Å²) in [5, 5.41) is 8.54. The van der Waals surface area contributed by atoms with Crippen LogP contribution in [0.25, 0.3) is 22.2 Å². The lowest BCUT2D eigenvalue weighted by molar-refractivity contribution is -0.134. The van der Waals surface area contributed by atoms with Gasteiger partial charge in [0.05, 0.1) is 6.42 Å². The second-order valence-electron chi connectivity index (χ2n) is 5.79. The number of esters is 1. The van der Waals surface area contributed by atoms with Gasteiger partial charge in [-0.1, -0.05) is 21.9 Å². The maximum atomic E-state index is 13.1. The average Bonchev–Trinajstić information content (AvgIpc) is 3.26. The monoisotopic (exact) mass is 386 g/mol. The first kappa shape index (κ1) is 17.2. The molecular formula is C19H12ClFN2O4. The Balaban J connectivity index is 1.47. The van der Waals surface area contributed by atoms with Crippen molar-refractivity contribution in [2.45, 2.75) is 12.8 Å². The fraction of sp³-hybridized carbons (Fsp3) is 0.105. The van der Waals surface area contributed by atoms with Gasteiger partial charge in [-0.2, -0.15) is 0 Å². The zero-order chi connectivity index (χ0) is 18.8. The van der Waals surface area contributed by atoms with Crippen LogP contribution in [0.5, 0.6) is 5.75 Å². The normalized spacial score (nSPS) is 11.0. The third-order valence-corrected chi connectivity index (χ3v) is 4.08. The van der Waals surface area contributed by atoms with E-state index in [0.717, 1.165) is 10.9 Å². The Labute approximate surface area is 157 Å². The van der Waals surface area contributed by atoms with E-state index in [2.05, 4.69) is 10.3 Å². The van der Waals surface area contributed by atoms with Gasteiger partial charge in [-0.15, -0.1) is 0 Å². The van der Waals surface area contributed by atoms with Crippen LogP contribution in [0.4, 0.5) is 4.39 Å². The molecule has 4 aromatic rings. The number of aromatic nitrogens is 2. The van der Waals surface area contributed by atoms with Gasteiger partial charge in [-0.05, 0) is 36.4 Å². The van der Waals surface area contributed by atoms with Gasteiger partial charge in [-0.3, -0.25) is 4.79 Å². The first-order chi connectivity index (χ1) is 13.1. The molecule has 0 spiro atoms. The molecule has 4 rings (SSSR count). The fourth-order valence-corrected chi connectivity index (χ4v) is 2.77. The number of hydrogen-bond donors (Lipinski definition) is 0. The van der Waals surface area contributed by atoms with Crippen LogP contribution in [-0.2, 0) is 11.2 Å². The van der Waals surface area contributed by atoms with E-state index in [0.29, 0.717) is 29.2 Å². The number of rotatable bonds is 5. The first-order valence-electron chi connectivity index (χ1n) is 8.05. The maximum absolute atomic E-state index is 13.1. The summed E-state index contributed by atoms with van der Waals surface area (Å²) in [5.74, 6) is 0.0879. The molecule has 0 fully saturated rings. The van der Waals surface area contributed by atoms with E-state index in [-0.39, 0.29) is 17.4 Å². The van der Waals surface area contributed by atoms with Gasteiger partial charge in [0.25, 0.3) is 0 Å². The van der Waals surface area contributed by atoms with Crippen molar-refractivity contribution >= 4 is 28.5 Å². The van der Waals surface area contributed by atoms with Gasteiger partial charge in [0.2, 0.25) is 0 Å². The lowest BCUT2D eigenvalue weighted by Crippen LogP contribution is -2.08. The van der Waals surface area contributed by atoms with E-state index in [1.807, 2.05) is 0 Å². The van der Waals surface area contributed by atoms with Crippen LogP contribution >= 0.6 is 11.6 Å². The van der Waals surface area contributed by atoms with Crippen molar-refractivity contribution in [3.8, 4) is 17.0 Å². The number of nitrogens with zero attached hydrogens (tertiary/aromatic N) is 2. The molecule has 0 atom stereocenters. The van der Waals surface area contributed by atoms with Crippen molar-refractivity contribution in [1.82, 2.24) is 10.3 Å². The highest BCUT2D eigenvalue weighted by atomic mass is 35.5. The summed E-state index contributed by atoms with van der Waals surface area (Å²) in [6.45, 7) is 0. The summed E-state index contributed by atoms with van der Waals surface area (Å²) in [5.41, 5.74) is 1.78. The van der Waals surface area contributed by atoms with E-state index < -0.39 is 5.97 Å². The predicted molar refractivity (Wildman–Crippen MR) is 94.9 cm³/mol. The minimum atomic E-state index is -0.430. The SMILES string of the molecule is O=C(CCc1cc(Cl)no1)Oc1ccc2c(-c3ccc(F)cc3)noc2c1. The Bertz CT molecular complexity index is 1100. The molecule has 0 saturated heterocycles. The molecule has 2 heterocycles. The minimum Gasteiger partial charge on any atom is -0.426 e. The Morgan fingerprint density at radius 2 is 1.89 bits per heavy atom. The van der Waals surface area contributed by atoms with Crippen molar-refractivity contribution in [3.63, 3.8) is 0 Å². The molecule has 0 aliphatic heterocycles. The zero-order valence-corrected chi connectivity index (χ0v) is 14.6. The van der Waals surface area contributed by atoms with E-state index in [1.165, 1.54) is 12.1 Å². The Morgan fingerprint density at radius 1 is 1.07 bits per heavy atom. The third-order valence-electron chi connectivity index (χ3n) is 3.90. The van der Waals surface area contributed by atoms with Crippen molar-refractivity contribution in [2.75, 3.05) is 0 Å². The van der Waals surface area contributed by atoms with Gasteiger partial charge in [0.15, 0.2) is 10.7 Å². The largest absolute Gasteiger partial charge is 0.426 e. The van der Waals surface area contributed by atoms with Crippen LogP contribution in [0.2, 0.25) is 5.15 Å². The minimum absolute atomic E-state index is 0.112. The van der Waals surface area contributed by atoms with Gasteiger partial charge < -0.3 is 13.8 Å². The number of carbonyl (C=O) groups excluding carboxylic acids is 1. The zero-order valence-electron chi connectivity index (χ0n) is 13.8. The number of benzene rings is 2. The summed E-state index contributed by atoms with van der Waals surface area (Å²) in [6.07, 6.45) is 0.443. The van der Waals surface area contributed by atoms with Crippen LogP contribution in [0.15, 0.2) is 57.6 Å². The van der Waals surface area contributed by atoms with Crippen molar-refractivity contribution < 1.29 is 23.0 Å². The molecule has 0 amide bonds. The van der Waals surface area contributed by atoms with Crippen LogP contribution in [0.1, 0.15) is 12.2 Å². The number of carbonyl (C=O) groups is 1. The molecule has 0 unspecified atom stereocenters. The first-order valence-corrected chi connectivity index (χ1v) is 8.43. The van der Waals surface area contributed by atoms with Gasteiger partial charge >= 0.3 is 5.97 Å². The standard InChI is InChI=1S/C19H12ClFN2O4/c20-17-10-14(26-22-17)6-8-18(24)25-13-5-7-15-16(9-13)27-23-19(15)11-1-3-12(21)4-2-11/h1-5,7,9-10H,6,8H2. The smallest absolute Gasteiger partial charge is 0.311 e. The number of aryl methyl sites for hydroxylation is 1. The average molecular weight is 387 g/mol. The quantitative estimate of drug-likeness (QED) is 0.361. The van der Waals surface area contributed by atoms with E-state index >= 15 is 0 Å². The lowest BCUT2D eigenvalue weighted by atomic mass is 10.1. The fourth-order valence-electron chi connectivity index (χ4n) is 2.61. The highest BCUT2D eigenvalue weighted by Crippen LogP contribution is 2.30. The summed E-state index contributed by atoms with van der Waals surface area (Å²) in [4.78, 5) is 12.0. The molecule has 0 aliphatic carbocycles. The van der Waals surface area contributed by atoms with E-state index in [4.69, 9.17) is 25.4 Å². The highest BCUT2D eigenvalue weighted by Gasteiger charge is 2.14. The second-order valence-corrected chi connectivity index (χ2v) is 6.17. The number of ether oxygens (including phenoxy) is 1. The van der Waals surface area contributed by atoms with Gasteiger partial charge in [0, 0.05) is 29.5 Å². The van der Waals surface area contributed by atoms with Crippen molar-refractivity contribution in [1.29, 1.82) is 0 Å². The third kappa shape index (κ3) is 3.83. The molecule has 0 radical (unpaired) electrons. The molecule has 2 aromatic heterocycles. The van der Waals surface area contributed by atoms with Gasteiger partial charge in [-0.25, -0.2) is 4.39 Å². The number of halogens is 2. The van der Waals surface area contributed by atoms with Crippen LogP contribution in [0.3, 0.4) is 0 Å². The molecule has 6 nitrogen and oxygen atoms in total. The van der Waals surface area contributed by atoms with Crippen LogP contribution in [-0.4, -0.2) is 16.3 Å². The summed E-state index contributed by atoms with van der Waals surface area (Å²) >= 11 is 5.66.